The number of methoxy groups -OCH3 is 2. The summed E-state index contributed by atoms with van der Waals surface area (Å²) in [7, 11) is 3.26. The molecule has 0 unspecified atom stereocenters. The Balaban J connectivity index is 2.22. The summed E-state index contributed by atoms with van der Waals surface area (Å²) in [5, 5.41) is 0. The Morgan fingerprint density at radius 1 is 1.33 bits per heavy atom. The van der Waals surface area contributed by atoms with Gasteiger partial charge in [-0.25, -0.2) is 4.98 Å². The molecule has 2 N–H and O–H groups in total. The predicted octanol–water partition coefficient (Wildman–Crippen LogP) is 1.42. The topological polar surface area (TPSA) is 87.3 Å². The molecule has 21 heavy (non-hydrogen) atoms. The van der Waals surface area contributed by atoms with Crippen LogP contribution < -0.4 is 10.5 Å². The lowest BCUT2D eigenvalue weighted by molar-refractivity contribution is 0.0995. The van der Waals surface area contributed by atoms with Crippen molar-refractivity contribution in [3.8, 4) is 5.75 Å². The zero-order valence-electron chi connectivity index (χ0n) is 12.0. The molecule has 0 spiro atoms. The van der Waals surface area contributed by atoms with E-state index in [1.165, 1.54) is 6.20 Å². The van der Waals surface area contributed by atoms with E-state index in [1.807, 2.05) is 12.1 Å². The van der Waals surface area contributed by atoms with Crippen molar-refractivity contribution in [1.82, 2.24) is 9.97 Å². The van der Waals surface area contributed by atoms with Crippen LogP contribution in [-0.4, -0.2) is 36.7 Å². The molecule has 0 bridgehead atoms. The van der Waals surface area contributed by atoms with Gasteiger partial charge in [-0.3, -0.25) is 9.78 Å². The average molecular weight is 287 g/mol. The van der Waals surface area contributed by atoms with Crippen molar-refractivity contribution in [2.45, 2.75) is 18.3 Å². The zero-order chi connectivity index (χ0) is 15.0. The average Bonchev–Trinajstić information content (AvgIpc) is 3.26. The van der Waals surface area contributed by atoms with Crippen molar-refractivity contribution < 1.29 is 14.3 Å². The standard InChI is InChI=1S/C15H17N3O3/c1-20-8-15(5-6-15)9-3-4-11(21-2)13-12(9)17-7-10(18-13)14(16)19/h3-4,7H,5-6,8H2,1-2H3,(H2,16,19). The fourth-order valence-electron chi connectivity index (χ4n) is 2.70. The van der Waals surface area contributed by atoms with Gasteiger partial charge < -0.3 is 15.2 Å². The number of aromatic nitrogens is 2. The number of fused-ring (bicyclic) bond motifs is 1. The molecule has 0 atom stereocenters. The Kier molecular flexibility index (Phi) is 3.25. The molecule has 1 aliphatic rings. The van der Waals surface area contributed by atoms with Crippen LogP contribution in [0.4, 0.5) is 0 Å². The van der Waals surface area contributed by atoms with Crippen LogP contribution in [0.2, 0.25) is 0 Å². The van der Waals surface area contributed by atoms with Crippen LogP contribution in [-0.2, 0) is 10.2 Å². The van der Waals surface area contributed by atoms with Crippen LogP contribution in [0.15, 0.2) is 18.3 Å². The van der Waals surface area contributed by atoms with E-state index in [4.69, 9.17) is 15.2 Å². The Morgan fingerprint density at radius 2 is 2.10 bits per heavy atom. The normalized spacial score (nSPS) is 15.9. The number of nitrogens with two attached hydrogens (primary N) is 1. The summed E-state index contributed by atoms with van der Waals surface area (Å²) >= 11 is 0. The van der Waals surface area contributed by atoms with E-state index in [0.29, 0.717) is 17.9 Å². The van der Waals surface area contributed by atoms with Gasteiger partial charge in [-0.15, -0.1) is 0 Å². The first-order valence-electron chi connectivity index (χ1n) is 6.74. The van der Waals surface area contributed by atoms with Gasteiger partial charge in [0, 0.05) is 12.5 Å². The quantitative estimate of drug-likeness (QED) is 0.898. The van der Waals surface area contributed by atoms with Crippen LogP contribution in [0, 0.1) is 0 Å². The highest BCUT2D eigenvalue weighted by Gasteiger charge is 2.46. The molecule has 3 rings (SSSR count). The minimum Gasteiger partial charge on any atom is -0.494 e. The SMILES string of the molecule is COCC1(c2ccc(OC)c3nc(C(N)=O)cnc23)CC1. The van der Waals surface area contributed by atoms with Crippen LogP contribution in [0.3, 0.4) is 0 Å². The second kappa shape index (κ2) is 4.96. The van der Waals surface area contributed by atoms with E-state index in [9.17, 15) is 4.79 Å². The Hall–Kier alpha value is -2.21. The third kappa shape index (κ3) is 2.21. The maximum Gasteiger partial charge on any atom is 0.268 e. The summed E-state index contributed by atoms with van der Waals surface area (Å²) in [5.41, 5.74) is 7.81. The molecule has 1 amide bonds. The van der Waals surface area contributed by atoms with Gasteiger partial charge in [0.15, 0.2) is 0 Å². The number of hydrogen-bond acceptors (Lipinski definition) is 5. The molecule has 1 aromatic carbocycles. The van der Waals surface area contributed by atoms with Gasteiger partial charge in [-0.05, 0) is 24.5 Å². The van der Waals surface area contributed by atoms with Crippen molar-refractivity contribution in [1.29, 1.82) is 0 Å². The van der Waals surface area contributed by atoms with Gasteiger partial charge in [-0.1, -0.05) is 6.07 Å². The number of primary amides is 1. The Bertz CT molecular complexity index is 711. The first-order chi connectivity index (χ1) is 10.1. The Morgan fingerprint density at radius 3 is 2.67 bits per heavy atom. The number of amides is 1. The summed E-state index contributed by atoms with van der Waals surface area (Å²) in [6.45, 7) is 0.647. The molecule has 0 aliphatic heterocycles. The molecule has 110 valence electrons. The molecule has 1 saturated carbocycles. The number of carbonyl (C=O) groups excluding carboxylic acids is 1. The number of ether oxygens (including phenoxy) is 2. The number of rotatable bonds is 5. The molecule has 0 radical (unpaired) electrons. The molecule has 0 saturated heterocycles. The van der Waals surface area contributed by atoms with Crippen LogP contribution in [0.1, 0.15) is 28.9 Å². The second-order valence-electron chi connectivity index (χ2n) is 5.35. The van der Waals surface area contributed by atoms with Gasteiger partial charge in [-0.2, -0.15) is 0 Å². The third-order valence-electron chi connectivity index (χ3n) is 3.98. The summed E-state index contributed by atoms with van der Waals surface area (Å²) < 4.78 is 10.7. The van der Waals surface area contributed by atoms with Crippen LogP contribution in [0.25, 0.3) is 11.0 Å². The number of carbonyl (C=O) groups is 1. The van der Waals surface area contributed by atoms with Crippen molar-refractivity contribution in [3.63, 3.8) is 0 Å². The fraction of sp³-hybridized carbons (Fsp3) is 0.400. The first kappa shape index (κ1) is 13.8. The highest BCUT2D eigenvalue weighted by molar-refractivity contribution is 5.94. The number of benzene rings is 1. The molecule has 1 aromatic heterocycles. The van der Waals surface area contributed by atoms with E-state index >= 15 is 0 Å². The lowest BCUT2D eigenvalue weighted by atomic mass is 9.95. The summed E-state index contributed by atoms with van der Waals surface area (Å²) in [4.78, 5) is 20.0. The molecule has 1 fully saturated rings. The number of nitrogens with zero attached hydrogens (tertiary/aromatic N) is 2. The molecule has 1 aliphatic carbocycles. The monoisotopic (exact) mass is 287 g/mol. The van der Waals surface area contributed by atoms with Gasteiger partial charge >= 0.3 is 0 Å². The van der Waals surface area contributed by atoms with E-state index in [0.717, 1.165) is 23.9 Å². The number of hydrogen-bond donors (Lipinski definition) is 1. The maximum absolute atomic E-state index is 11.3. The molecular weight excluding hydrogens is 270 g/mol. The summed E-state index contributed by atoms with van der Waals surface area (Å²) in [6, 6.07) is 3.86. The largest absolute Gasteiger partial charge is 0.494 e. The predicted molar refractivity (Wildman–Crippen MR) is 77.4 cm³/mol. The highest BCUT2D eigenvalue weighted by Crippen LogP contribution is 2.50. The molecule has 6 heteroatoms. The van der Waals surface area contributed by atoms with Gasteiger partial charge in [0.25, 0.3) is 5.91 Å². The zero-order valence-corrected chi connectivity index (χ0v) is 12.0. The third-order valence-corrected chi connectivity index (χ3v) is 3.98. The highest BCUT2D eigenvalue weighted by atomic mass is 16.5. The van der Waals surface area contributed by atoms with E-state index in [2.05, 4.69) is 9.97 Å². The molecule has 6 nitrogen and oxygen atoms in total. The minimum atomic E-state index is -0.602. The van der Waals surface area contributed by atoms with Crippen LogP contribution >= 0.6 is 0 Å². The van der Waals surface area contributed by atoms with Gasteiger partial charge in [0.2, 0.25) is 0 Å². The van der Waals surface area contributed by atoms with E-state index in [1.54, 1.807) is 14.2 Å². The van der Waals surface area contributed by atoms with Crippen molar-refractivity contribution in [3.05, 3.63) is 29.6 Å². The van der Waals surface area contributed by atoms with Crippen molar-refractivity contribution >= 4 is 16.9 Å². The van der Waals surface area contributed by atoms with Crippen molar-refractivity contribution in [2.75, 3.05) is 20.8 Å². The second-order valence-corrected chi connectivity index (χ2v) is 5.35. The molecule has 2 aromatic rings. The lowest BCUT2D eigenvalue weighted by Crippen LogP contribution is -2.17. The first-order valence-corrected chi connectivity index (χ1v) is 6.74. The molecule has 1 heterocycles. The minimum absolute atomic E-state index is 0.00217. The molecular formula is C15H17N3O3. The lowest BCUT2D eigenvalue weighted by Gasteiger charge is -2.17. The maximum atomic E-state index is 11.3. The summed E-state index contributed by atoms with van der Waals surface area (Å²) in [6.07, 6.45) is 3.53. The van der Waals surface area contributed by atoms with Crippen LogP contribution in [0.5, 0.6) is 5.75 Å². The fourth-order valence-corrected chi connectivity index (χ4v) is 2.70. The van der Waals surface area contributed by atoms with Gasteiger partial charge in [0.05, 0.1) is 25.4 Å². The Labute approximate surface area is 122 Å². The van der Waals surface area contributed by atoms with E-state index in [-0.39, 0.29) is 11.1 Å². The van der Waals surface area contributed by atoms with Gasteiger partial charge in [0.1, 0.15) is 17.0 Å². The smallest absolute Gasteiger partial charge is 0.268 e. The van der Waals surface area contributed by atoms with Crippen molar-refractivity contribution in [2.24, 2.45) is 5.73 Å². The van der Waals surface area contributed by atoms with E-state index < -0.39 is 5.91 Å². The summed E-state index contributed by atoms with van der Waals surface area (Å²) in [5.74, 6) is -0.0209.